The second kappa shape index (κ2) is 11.4. The highest BCUT2D eigenvalue weighted by molar-refractivity contribution is 6.09. The number of hydrogen-bond donors (Lipinski definition) is 0. The number of hydrogen-bond acceptors (Lipinski definition) is 4. The van der Waals surface area contributed by atoms with Gasteiger partial charge in [0.05, 0.1) is 17.2 Å². The summed E-state index contributed by atoms with van der Waals surface area (Å²) in [6.45, 7) is 9.03. The summed E-state index contributed by atoms with van der Waals surface area (Å²) in [5, 5.41) is 0. The maximum absolute atomic E-state index is 14.0. The third-order valence-electron chi connectivity index (χ3n) is 4.76. The first-order valence-corrected chi connectivity index (χ1v) is 10.2. The van der Waals surface area contributed by atoms with Crippen LogP contribution in [0.4, 0.5) is 17.6 Å². The van der Waals surface area contributed by atoms with Crippen LogP contribution in [0.2, 0.25) is 0 Å². The number of allylic oxidation sites excluding steroid dienone is 2. The monoisotopic (exact) mass is 463 g/mol. The Bertz CT molecular complexity index is 1030. The van der Waals surface area contributed by atoms with Gasteiger partial charge in [-0.2, -0.15) is 13.2 Å². The summed E-state index contributed by atoms with van der Waals surface area (Å²) in [5.74, 6) is -0.988. The Morgan fingerprint density at radius 3 is 2.58 bits per heavy atom. The van der Waals surface area contributed by atoms with E-state index in [-0.39, 0.29) is 18.1 Å². The summed E-state index contributed by atoms with van der Waals surface area (Å²) in [6, 6.07) is 5.42. The molecule has 1 aromatic heterocycles. The lowest BCUT2D eigenvalue weighted by Gasteiger charge is -2.28. The lowest BCUT2D eigenvalue weighted by Crippen LogP contribution is -2.42. The Morgan fingerprint density at radius 1 is 1.27 bits per heavy atom. The lowest BCUT2D eigenvalue weighted by atomic mass is 10.0. The number of nitrogens with zero attached hydrogens (tertiary/aromatic N) is 3. The summed E-state index contributed by atoms with van der Waals surface area (Å²) >= 11 is 0. The van der Waals surface area contributed by atoms with Crippen LogP contribution in [0.25, 0.3) is 0 Å². The molecule has 0 fully saturated rings. The van der Waals surface area contributed by atoms with Crippen molar-refractivity contribution >= 4 is 11.6 Å². The zero-order valence-electron chi connectivity index (χ0n) is 18.6. The number of carbonyl (C=O) groups excluding carboxylic acids is 1. The highest BCUT2D eigenvalue weighted by Crippen LogP contribution is 2.29. The van der Waals surface area contributed by atoms with Crippen molar-refractivity contribution < 1.29 is 27.1 Å². The molecule has 1 aromatic carbocycles. The van der Waals surface area contributed by atoms with Crippen LogP contribution in [0, 0.1) is 5.82 Å². The molecule has 9 heteroatoms. The summed E-state index contributed by atoms with van der Waals surface area (Å²) in [6.07, 6.45) is 0.895. The molecule has 0 aliphatic carbocycles. The summed E-state index contributed by atoms with van der Waals surface area (Å²) < 4.78 is 57.5. The Kier molecular flexibility index (Phi) is 8.90. The first kappa shape index (κ1) is 25.8. The van der Waals surface area contributed by atoms with Crippen LogP contribution in [0.15, 0.2) is 66.5 Å². The van der Waals surface area contributed by atoms with Crippen molar-refractivity contribution in [2.75, 3.05) is 13.2 Å². The smallest absolute Gasteiger partial charge is 0.417 e. The third-order valence-corrected chi connectivity index (χ3v) is 4.76. The zero-order chi connectivity index (χ0) is 24.6. The zero-order valence-corrected chi connectivity index (χ0v) is 18.6. The van der Waals surface area contributed by atoms with Gasteiger partial charge in [-0.1, -0.05) is 12.7 Å². The van der Waals surface area contributed by atoms with Gasteiger partial charge in [0.1, 0.15) is 12.4 Å². The number of rotatable bonds is 9. The van der Waals surface area contributed by atoms with Crippen LogP contribution < -0.4 is 4.74 Å². The van der Waals surface area contributed by atoms with Crippen LogP contribution >= 0.6 is 0 Å². The van der Waals surface area contributed by atoms with Gasteiger partial charge < -0.3 is 9.64 Å². The summed E-state index contributed by atoms with van der Waals surface area (Å²) in [4.78, 5) is 22.7. The number of carbonyl (C=O) groups is 1. The Balaban J connectivity index is 2.20. The SMILES string of the molecule is C=C/C=C\N=C(/C)c1ccc(F)cc1C(=O)N(CC)C(C)COc1ccc(C(F)(F)F)cn1. The summed E-state index contributed by atoms with van der Waals surface area (Å²) in [5.41, 5.74) is 0.257. The maximum atomic E-state index is 14.0. The quantitative estimate of drug-likeness (QED) is 0.273. The van der Waals surface area contributed by atoms with E-state index < -0.39 is 29.5 Å². The fourth-order valence-corrected chi connectivity index (χ4v) is 3.03. The molecule has 0 spiro atoms. The number of pyridine rings is 1. The van der Waals surface area contributed by atoms with Gasteiger partial charge in [-0.15, -0.1) is 0 Å². The minimum absolute atomic E-state index is 0.00165. The predicted octanol–water partition coefficient (Wildman–Crippen LogP) is 5.68. The molecule has 2 rings (SSSR count). The Hall–Kier alpha value is -3.49. The normalized spacial score (nSPS) is 13.1. The molecule has 0 aliphatic heterocycles. The first-order valence-electron chi connectivity index (χ1n) is 10.2. The van der Waals surface area contributed by atoms with Crippen molar-refractivity contribution in [1.29, 1.82) is 0 Å². The number of alkyl halides is 3. The van der Waals surface area contributed by atoms with E-state index in [9.17, 15) is 22.4 Å². The van der Waals surface area contributed by atoms with Crippen LogP contribution in [0.3, 0.4) is 0 Å². The van der Waals surface area contributed by atoms with E-state index in [0.717, 1.165) is 18.2 Å². The molecule has 1 atom stereocenters. The number of benzene rings is 1. The van der Waals surface area contributed by atoms with Crippen LogP contribution in [0.1, 0.15) is 42.3 Å². The van der Waals surface area contributed by atoms with Gasteiger partial charge in [0.2, 0.25) is 5.88 Å². The summed E-state index contributed by atoms with van der Waals surface area (Å²) in [7, 11) is 0. The fourth-order valence-electron chi connectivity index (χ4n) is 3.03. The van der Waals surface area contributed by atoms with Crippen LogP contribution in [-0.4, -0.2) is 40.7 Å². The van der Waals surface area contributed by atoms with Crippen molar-refractivity contribution in [2.45, 2.75) is 33.0 Å². The lowest BCUT2D eigenvalue weighted by molar-refractivity contribution is -0.137. The molecule has 5 nitrogen and oxygen atoms in total. The van der Waals surface area contributed by atoms with Gasteiger partial charge in [0.15, 0.2) is 0 Å². The molecule has 0 N–H and O–H groups in total. The average molecular weight is 463 g/mol. The van der Waals surface area contributed by atoms with E-state index in [4.69, 9.17) is 4.74 Å². The second-order valence-electron chi connectivity index (χ2n) is 7.12. The van der Waals surface area contributed by atoms with Gasteiger partial charge in [0, 0.05) is 36.3 Å². The Morgan fingerprint density at radius 2 is 2.00 bits per heavy atom. The molecule has 176 valence electrons. The average Bonchev–Trinajstić information content (AvgIpc) is 2.77. The Labute approximate surface area is 190 Å². The number of aromatic nitrogens is 1. The van der Waals surface area contributed by atoms with Gasteiger partial charge in [-0.3, -0.25) is 9.79 Å². The fraction of sp³-hybridized carbons (Fsp3) is 0.292. The largest absolute Gasteiger partial charge is 0.475 e. The van der Waals surface area contributed by atoms with Gasteiger partial charge in [-0.05, 0) is 51.1 Å². The van der Waals surface area contributed by atoms with Crippen molar-refractivity contribution in [3.05, 3.63) is 84.0 Å². The minimum atomic E-state index is -4.49. The standard InChI is InChI=1S/C24H25F4N3O2/c1-5-7-12-29-17(4)20-10-9-19(25)13-21(20)23(32)31(6-2)16(3)15-33-22-11-8-18(14-30-22)24(26,27)28/h5,7-14,16H,1,6,15H2,2-4H3/b12-7-,29-17+. The molecular formula is C24H25F4N3O2. The van der Waals surface area contributed by atoms with Gasteiger partial charge in [0.25, 0.3) is 5.91 Å². The molecule has 33 heavy (non-hydrogen) atoms. The molecule has 0 aliphatic rings. The number of likely N-dealkylation sites (N-methyl/N-ethyl adjacent to an activating group) is 1. The maximum Gasteiger partial charge on any atom is 0.417 e. The molecule has 1 heterocycles. The molecule has 0 saturated carbocycles. The van der Waals surface area contributed by atoms with E-state index in [1.807, 2.05) is 0 Å². The minimum Gasteiger partial charge on any atom is -0.475 e. The second-order valence-corrected chi connectivity index (χ2v) is 7.12. The van der Waals surface area contributed by atoms with Crippen molar-refractivity contribution in [1.82, 2.24) is 9.88 Å². The van der Waals surface area contributed by atoms with E-state index in [2.05, 4.69) is 16.6 Å². The number of ether oxygens (including phenoxy) is 1. The molecule has 0 saturated heterocycles. The van der Waals surface area contributed by atoms with Crippen LogP contribution in [-0.2, 0) is 6.18 Å². The molecule has 1 amide bonds. The number of halogens is 4. The van der Waals surface area contributed by atoms with E-state index in [0.29, 0.717) is 24.0 Å². The van der Waals surface area contributed by atoms with E-state index in [1.54, 1.807) is 32.9 Å². The van der Waals surface area contributed by atoms with Crippen molar-refractivity contribution in [3.8, 4) is 5.88 Å². The predicted molar refractivity (Wildman–Crippen MR) is 119 cm³/mol. The van der Waals surface area contributed by atoms with E-state index in [1.165, 1.54) is 23.2 Å². The van der Waals surface area contributed by atoms with Gasteiger partial charge >= 0.3 is 6.18 Å². The van der Waals surface area contributed by atoms with Crippen molar-refractivity contribution in [3.63, 3.8) is 0 Å². The molecular weight excluding hydrogens is 438 g/mol. The number of aliphatic imine (C=N–C) groups is 1. The third kappa shape index (κ3) is 7.00. The van der Waals surface area contributed by atoms with E-state index >= 15 is 0 Å². The molecule has 1 unspecified atom stereocenters. The van der Waals surface area contributed by atoms with Crippen LogP contribution in [0.5, 0.6) is 5.88 Å². The highest BCUT2D eigenvalue weighted by atomic mass is 19.4. The first-order chi connectivity index (χ1) is 15.6. The molecule has 0 radical (unpaired) electrons. The van der Waals surface area contributed by atoms with Gasteiger partial charge in [-0.25, -0.2) is 9.37 Å². The highest BCUT2D eigenvalue weighted by Gasteiger charge is 2.31. The number of amides is 1. The molecule has 2 aromatic rings. The topological polar surface area (TPSA) is 54.8 Å². The van der Waals surface area contributed by atoms with Crippen molar-refractivity contribution in [2.24, 2.45) is 4.99 Å². The molecule has 0 bridgehead atoms.